The summed E-state index contributed by atoms with van der Waals surface area (Å²) in [5.41, 5.74) is -0.000286. The molecule has 2 rings (SSSR count). The maximum Gasteiger partial charge on any atom is 0.177 e. The van der Waals surface area contributed by atoms with Crippen LogP contribution in [0, 0.1) is 5.82 Å². The molecule has 0 atom stereocenters. The Bertz CT molecular complexity index is 437. The van der Waals surface area contributed by atoms with Gasteiger partial charge in [-0.2, -0.15) is 0 Å². The molecule has 1 aromatic carbocycles. The summed E-state index contributed by atoms with van der Waals surface area (Å²) in [6.45, 7) is 4.88. The molecule has 0 unspecified atom stereocenters. The number of hydrogen-bond acceptors (Lipinski definition) is 3. The van der Waals surface area contributed by atoms with Gasteiger partial charge in [-0.05, 0) is 26.0 Å². The summed E-state index contributed by atoms with van der Waals surface area (Å²) in [5, 5.41) is 0. The van der Waals surface area contributed by atoms with Crippen LogP contribution in [0.5, 0.6) is 0 Å². The Hall–Kier alpha value is -1.23. The molecule has 3 nitrogen and oxygen atoms in total. The first-order chi connectivity index (χ1) is 9.13. The number of benzene rings is 1. The van der Waals surface area contributed by atoms with E-state index in [0.29, 0.717) is 18.8 Å². The van der Waals surface area contributed by atoms with E-state index in [9.17, 15) is 4.39 Å². The minimum Gasteiger partial charge on any atom is -0.366 e. The van der Waals surface area contributed by atoms with Gasteiger partial charge < -0.3 is 14.2 Å². The van der Waals surface area contributed by atoms with E-state index in [1.807, 2.05) is 26.0 Å². The predicted molar refractivity (Wildman–Crippen MR) is 70.1 cm³/mol. The molecule has 1 aromatic rings. The second kappa shape index (κ2) is 6.28. The lowest BCUT2D eigenvalue weighted by molar-refractivity contribution is -0.246. The van der Waals surface area contributed by atoms with Gasteiger partial charge in [0.05, 0.1) is 19.8 Å². The molecule has 4 heteroatoms. The molecule has 1 heterocycles. The Morgan fingerprint density at radius 3 is 2.68 bits per heavy atom. The Labute approximate surface area is 113 Å². The van der Waals surface area contributed by atoms with Crippen molar-refractivity contribution in [2.45, 2.75) is 32.3 Å². The van der Waals surface area contributed by atoms with Gasteiger partial charge >= 0.3 is 0 Å². The van der Waals surface area contributed by atoms with E-state index >= 15 is 0 Å². The highest BCUT2D eigenvalue weighted by atomic mass is 19.1. The van der Waals surface area contributed by atoms with Crippen LogP contribution >= 0.6 is 0 Å². The third-order valence-corrected chi connectivity index (χ3v) is 2.99. The molecule has 19 heavy (non-hydrogen) atoms. The quantitative estimate of drug-likeness (QED) is 0.784. The maximum absolute atomic E-state index is 13.5. The molecule has 0 amide bonds. The molecule has 0 bridgehead atoms. The lowest BCUT2D eigenvalue weighted by atomic mass is 10.1. The highest BCUT2D eigenvalue weighted by Crippen LogP contribution is 2.22. The molecule has 0 aromatic heterocycles. The van der Waals surface area contributed by atoms with Crippen LogP contribution in [0.15, 0.2) is 36.4 Å². The Kier molecular flexibility index (Phi) is 4.69. The zero-order valence-corrected chi connectivity index (χ0v) is 11.3. The molecule has 1 aliphatic rings. The standard InChI is InChI=1S/C15H19FO3/c1-3-6-14-17-10-15(2,11-18-14)19-9-12-7-4-5-8-13(12)16/h3-8,14H,9-11H2,1-2H3/b6-3-. The lowest BCUT2D eigenvalue weighted by Crippen LogP contribution is -2.46. The van der Waals surface area contributed by atoms with Gasteiger partial charge in [0.1, 0.15) is 11.4 Å². The molecular weight excluding hydrogens is 247 g/mol. The van der Waals surface area contributed by atoms with Crippen molar-refractivity contribution in [1.82, 2.24) is 0 Å². The average Bonchev–Trinajstić information content (AvgIpc) is 2.41. The van der Waals surface area contributed by atoms with Crippen molar-refractivity contribution in [3.05, 3.63) is 47.8 Å². The number of ether oxygens (including phenoxy) is 3. The lowest BCUT2D eigenvalue weighted by Gasteiger charge is -2.36. The topological polar surface area (TPSA) is 27.7 Å². The summed E-state index contributed by atoms with van der Waals surface area (Å²) in [7, 11) is 0. The summed E-state index contributed by atoms with van der Waals surface area (Å²) in [6.07, 6.45) is 3.42. The molecule has 1 saturated heterocycles. The van der Waals surface area contributed by atoms with E-state index in [1.165, 1.54) is 6.07 Å². The SMILES string of the molecule is C/C=C\C1OCC(C)(OCc2ccccc2F)CO1. The van der Waals surface area contributed by atoms with Gasteiger partial charge in [-0.25, -0.2) is 4.39 Å². The minimum absolute atomic E-state index is 0.212. The average molecular weight is 266 g/mol. The van der Waals surface area contributed by atoms with E-state index in [0.717, 1.165) is 0 Å². The number of rotatable bonds is 4. The first-order valence-corrected chi connectivity index (χ1v) is 6.36. The van der Waals surface area contributed by atoms with Crippen LogP contribution in [-0.4, -0.2) is 25.1 Å². The number of allylic oxidation sites excluding steroid dienone is 1. The van der Waals surface area contributed by atoms with Crippen molar-refractivity contribution in [2.24, 2.45) is 0 Å². The van der Waals surface area contributed by atoms with Gasteiger partial charge in [0.2, 0.25) is 0 Å². The molecule has 0 N–H and O–H groups in total. The largest absolute Gasteiger partial charge is 0.366 e. The van der Waals surface area contributed by atoms with Crippen LogP contribution in [0.25, 0.3) is 0 Å². The first-order valence-electron chi connectivity index (χ1n) is 6.36. The van der Waals surface area contributed by atoms with Gasteiger partial charge in [0.25, 0.3) is 0 Å². The minimum atomic E-state index is -0.541. The maximum atomic E-state index is 13.5. The fraction of sp³-hybridized carbons (Fsp3) is 0.467. The monoisotopic (exact) mass is 266 g/mol. The van der Waals surface area contributed by atoms with Crippen molar-refractivity contribution < 1.29 is 18.6 Å². The number of halogens is 1. The molecule has 0 radical (unpaired) electrons. The van der Waals surface area contributed by atoms with E-state index < -0.39 is 5.60 Å². The van der Waals surface area contributed by atoms with Crippen molar-refractivity contribution >= 4 is 0 Å². The van der Waals surface area contributed by atoms with Crippen LogP contribution in [0.2, 0.25) is 0 Å². The van der Waals surface area contributed by atoms with Gasteiger partial charge in [-0.3, -0.25) is 0 Å². The van der Waals surface area contributed by atoms with Crippen LogP contribution < -0.4 is 0 Å². The van der Waals surface area contributed by atoms with Crippen molar-refractivity contribution in [1.29, 1.82) is 0 Å². The smallest absolute Gasteiger partial charge is 0.177 e. The second-order valence-corrected chi connectivity index (χ2v) is 4.85. The van der Waals surface area contributed by atoms with Gasteiger partial charge in [0, 0.05) is 5.56 Å². The Balaban J connectivity index is 1.88. The van der Waals surface area contributed by atoms with Crippen molar-refractivity contribution in [3.63, 3.8) is 0 Å². The molecular formula is C15H19FO3. The zero-order valence-electron chi connectivity index (χ0n) is 11.3. The summed E-state index contributed by atoms with van der Waals surface area (Å²) in [4.78, 5) is 0. The Morgan fingerprint density at radius 1 is 1.37 bits per heavy atom. The second-order valence-electron chi connectivity index (χ2n) is 4.85. The van der Waals surface area contributed by atoms with E-state index in [-0.39, 0.29) is 18.7 Å². The van der Waals surface area contributed by atoms with Crippen LogP contribution in [0.1, 0.15) is 19.4 Å². The van der Waals surface area contributed by atoms with Gasteiger partial charge in [0.15, 0.2) is 6.29 Å². The highest BCUT2D eigenvalue weighted by Gasteiger charge is 2.32. The van der Waals surface area contributed by atoms with Crippen molar-refractivity contribution in [2.75, 3.05) is 13.2 Å². The normalized spacial score (nSPS) is 27.8. The molecule has 1 fully saturated rings. The fourth-order valence-electron chi connectivity index (χ4n) is 1.83. The van der Waals surface area contributed by atoms with E-state index in [2.05, 4.69) is 0 Å². The molecule has 104 valence electrons. The molecule has 0 aliphatic carbocycles. The van der Waals surface area contributed by atoms with Gasteiger partial charge in [-0.1, -0.05) is 24.3 Å². The number of hydrogen-bond donors (Lipinski definition) is 0. The summed E-state index contributed by atoms with van der Waals surface area (Å²) in [5.74, 6) is -0.254. The fourth-order valence-corrected chi connectivity index (χ4v) is 1.83. The van der Waals surface area contributed by atoms with E-state index in [1.54, 1.807) is 18.2 Å². The van der Waals surface area contributed by atoms with Crippen molar-refractivity contribution in [3.8, 4) is 0 Å². The molecule has 0 saturated carbocycles. The predicted octanol–water partition coefficient (Wildman–Crippen LogP) is 3.05. The Morgan fingerprint density at radius 2 is 2.05 bits per heavy atom. The molecule has 0 spiro atoms. The first kappa shape index (κ1) is 14.2. The summed E-state index contributed by atoms with van der Waals surface area (Å²) < 4.78 is 30.3. The van der Waals surface area contributed by atoms with Gasteiger partial charge in [-0.15, -0.1) is 0 Å². The van der Waals surface area contributed by atoms with Crippen LogP contribution in [-0.2, 0) is 20.8 Å². The van der Waals surface area contributed by atoms with E-state index in [4.69, 9.17) is 14.2 Å². The summed E-state index contributed by atoms with van der Waals surface area (Å²) in [6, 6.07) is 6.60. The summed E-state index contributed by atoms with van der Waals surface area (Å²) >= 11 is 0. The molecule has 1 aliphatic heterocycles. The zero-order chi connectivity index (χ0) is 13.7. The third kappa shape index (κ3) is 3.86. The highest BCUT2D eigenvalue weighted by molar-refractivity contribution is 5.16. The third-order valence-electron chi connectivity index (χ3n) is 2.99. The van der Waals surface area contributed by atoms with Crippen LogP contribution in [0.3, 0.4) is 0 Å². The van der Waals surface area contributed by atoms with Crippen LogP contribution in [0.4, 0.5) is 4.39 Å².